The number of rotatable bonds is 2. The predicted molar refractivity (Wildman–Crippen MR) is 74.7 cm³/mol. The van der Waals surface area contributed by atoms with Crippen molar-refractivity contribution in [3.05, 3.63) is 0 Å². The van der Waals surface area contributed by atoms with Crippen LogP contribution in [0.5, 0.6) is 0 Å². The molecule has 0 bridgehead atoms. The summed E-state index contributed by atoms with van der Waals surface area (Å²) >= 11 is 0. The summed E-state index contributed by atoms with van der Waals surface area (Å²) in [5.74, 6) is 1.16. The molecule has 3 nitrogen and oxygen atoms in total. The van der Waals surface area contributed by atoms with Crippen LogP contribution in [0, 0.1) is 11.3 Å². The first-order valence-corrected chi connectivity index (χ1v) is 7.34. The quantitative estimate of drug-likeness (QED) is 0.751. The zero-order valence-electron chi connectivity index (χ0n) is 12.4. The van der Waals surface area contributed by atoms with E-state index in [1.54, 1.807) is 0 Å². The maximum atomic E-state index is 12.1. The first-order valence-electron chi connectivity index (χ1n) is 7.34. The van der Waals surface area contributed by atoms with E-state index in [1.807, 2.05) is 20.8 Å². The molecule has 2 aliphatic heterocycles. The molecule has 0 aromatic carbocycles. The van der Waals surface area contributed by atoms with Gasteiger partial charge >= 0.3 is 0 Å². The van der Waals surface area contributed by atoms with E-state index in [9.17, 15) is 4.79 Å². The van der Waals surface area contributed by atoms with Crippen molar-refractivity contribution >= 4 is 5.78 Å². The van der Waals surface area contributed by atoms with Gasteiger partial charge in [-0.15, -0.1) is 0 Å². The molecule has 0 saturated carbocycles. The third-order valence-corrected chi connectivity index (χ3v) is 4.63. The molecule has 0 aromatic rings. The Morgan fingerprint density at radius 2 is 1.94 bits per heavy atom. The first kappa shape index (κ1) is 14.0. The van der Waals surface area contributed by atoms with E-state index >= 15 is 0 Å². The van der Waals surface area contributed by atoms with Crippen LogP contribution in [0.1, 0.15) is 40.0 Å². The second kappa shape index (κ2) is 5.30. The fourth-order valence-corrected chi connectivity index (χ4v) is 3.31. The van der Waals surface area contributed by atoms with Crippen molar-refractivity contribution in [2.75, 3.05) is 33.2 Å². The lowest BCUT2D eigenvalue weighted by Gasteiger charge is -2.46. The van der Waals surface area contributed by atoms with Gasteiger partial charge in [-0.2, -0.15) is 0 Å². The standard InChI is InChI=1S/C15H28N2O/c1-15(2,3)14(18)11-17-9-7-13-12(10-17)6-5-8-16(13)4/h12-13H,5-11H2,1-4H3. The van der Waals surface area contributed by atoms with E-state index in [0.717, 1.165) is 25.0 Å². The third kappa shape index (κ3) is 3.12. The Hall–Kier alpha value is -0.410. The van der Waals surface area contributed by atoms with Crippen molar-refractivity contribution in [1.82, 2.24) is 9.80 Å². The van der Waals surface area contributed by atoms with Crippen molar-refractivity contribution in [3.8, 4) is 0 Å². The first-order chi connectivity index (χ1) is 8.38. The van der Waals surface area contributed by atoms with Gasteiger partial charge in [0.1, 0.15) is 0 Å². The highest BCUT2D eigenvalue weighted by molar-refractivity contribution is 5.85. The van der Waals surface area contributed by atoms with E-state index in [4.69, 9.17) is 0 Å². The summed E-state index contributed by atoms with van der Waals surface area (Å²) in [4.78, 5) is 17.0. The molecule has 0 radical (unpaired) electrons. The van der Waals surface area contributed by atoms with Gasteiger partial charge in [-0.05, 0) is 38.8 Å². The monoisotopic (exact) mass is 252 g/mol. The average molecular weight is 252 g/mol. The van der Waals surface area contributed by atoms with Gasteiger partial charge < -0.3 is 4.90 Å². The molecular formula is C15H28N2O. The minimum atomic E-state index is -0.194. The molecule has 0 N–H and O–H groups in total. The SMILES string of the molecule is CN1CCCC2CN(CC(=O)C(C)(C)C)CCC21. The van der Waals surface area contributed by atoms with Gasteiger partial charge in [-0.25, -0.2) is 0 Å². The number of hydrogen-bond donors (Lipinski definition) is 0. The highest BCUT2D eigenvalue weighted by Crippen LogP contribution is 2.29. The smallest absolute Gasteiger partial charge is 0.152 e. The zero-order chi connectivity index (χ0) is 13.3. The predicted octanol–water partition coefficient (Wildman–Crippen LogP) is 2.02. The second-order valence-electron chi connectivity index (χ2n) is 7.15. The van der Waals surface area contributed by atoms with E-state index < -0.39 is 0 Å². The lowest BCUT2D eigenvalue weighted by molar-refractivity contribution is -0.128. The summed E-state index contributed by atoms with van der Waals surface area (Å²) in [6.45, 7) is 10.2. The van der Waals surface area contributed by atoms with Crippen molar-refractivity contribution in [1.29, 1.82) is 0 Å². The van der Waals surface area contributed by atoms with Crippen molar-refractivity contribution < 1.29 is 4.79 Å². The van der Waals surface area contributed by atoms with Crippen LogP contribution in [0.3, 0.4) is 0 Å². The van der Waals surface area contributed by atoms with Gasteiger partial charge in [0.2, 0.25) is 0 Å². The van der Waals surface area contributed by atoms with Gasteiger partial charge in [0.15, 0.2) is 5.78 Å². The number of ketones is 1. The fraction of sp³-hybridized carbons (Fsp3) is 0.933. The highest BCUT2D eigenvalue weighted by Gasteiger charge is 2.35. The third-order valence-electron chi connectivity index (χ3n) is 4.63. The number of piperidine rings is 2. The molecule has 2 fully saturated rings. The topological polar surface area (TPSA) is 23.6 Å². The summed E-state index contributed by atoms with van der Waals surface area (Å²) in [5.41, 5.74) is -0.194. The van der Waals surface area contributed by atoms with Crippen LogP contribution in [0.25, 0.3) is 0 Å². The fourth-order valence-electron chi connectivity index (χ4n) is 3.31. The van der Waals surface area contributed by atoms with Gasteiger partial charge in [0, 0.05) is 24.5 Å². The Morgan fingerprint density at radius 1 is 1.22 bits per heavy atom. The molecule has 3 heteroatoms. The van der Waals surface area contributed by atoms with Crippen LogP contribution < -0.4 is 0 Å². The van der Waals surface area contributed by atoms with Gasteiger partial charge in [-0.3, -0.25) is 9.69 Å². The molecule has 0 spiro atoms. The van der Waals surface area contributed by atoms with Gasteiger partial charge in [0.05, 0.1) is 6.54 Å². The van der Waals surface area contributed by atoms with E-state index in [2.05, 4.69) is 16.8 Å². The van der Waals surface area contributed by atoms with Crippen molar-refractivity contribution in [2.45, 2.75) is 46.1 Å². The lowest BCUT2D eigenvalue weighted by Crippen LogP contribution is -2.53. The van der Waals surface area contributed by atoms with E-state index in [0.29, 0.717) is 12.3 Å². The zero-order valence-corrected chi connectivity index (χ0v) is 12.4. The molecule has 0 amide bonds. The summed E-state index contributed by atoms with van der Waals surface area (Å²) in [5, 5.41) is 0. The number of Topliss-reactive ketones (excluding diaryl/α,β-unsaturated/α-hetero) is 1. The normalized spacial score (nSPS) is 31.1. The summed E-state index contributed by atoms with van der Waals surface area (Å²) in [6.07, 6.45) is 3.90. The summed E-state index contributed by atoms with van der Waals surface area (Å²) in [6, 6.07) is 0.764. The van der Waals surface area contributed by atoms with Crippen LogP contribution in [-0.2, 0) is 4.79 Å². The van der Waals surface area contributed by atoms with Crippen molar-refractivity contribution in [2.24, 2.45) is 11.3 Å². The molecule has 2 aliphatic rings. The summed E-state index contributed by atoms with van der Waals surface area (Å²) < 4.78 is 0. The molecule has 2 heterocycles. The highest BCUT2D eigenvalue weighted by atomic mass is 16.1. The average Bonchev–Trinajstić information content (AvgIpc) is 2.28. The molecule has 0 aromatic heterocycles. The summed E-state index contributed by atoms with van der Waals surface area (Å²) in [7, 11) is 2.26. The van der Waals surface area contributed by atoms with Gasteiger partial charge in [0.25, 0.3) is 0 Å². The minimum absolute atomic E-state index is 0.194. The number of carbonyl (C=O) groups is 1. The number of likely N-dealkylation sites (tertiary alicyclic amines) is 2. The molecule has 2 atom stereocenters. The molecule has 18 heavy (non-hydrogen) atoms. The number of carbonyl (C=O) groups excluding carboxylic acids is 1. The Labute approximate surface area is 112 Å². The Kier molecular flexibility index (Phi) is 4.12. The molecule has 2 rings (SSSR count). The Balaban J connectivity index is 1.89. The largest absolute Gasteiger partial charge is 0.303 e. The second-order valence-corrected chi connectivity index (χ2v) is 7.15. The van der Waals surface area contributed by atoms with Crippen molar-refractivity contribution in [3.63, 3.8) is 0 Å². The molecule has 2 saturated heterocycles. The van der Waals surface area contributed by atoms with Crippen LogP contribution in [0.2, 0.25) is 0 Å². The number of fused-ring (bicyclic) bond motifs is 1. The Morgan fingerprint density at radius 3 is 2.61 bits per heavy atom. The van der Waals surface area contributed by atoms with Crippen LogP contribution in [-0.4, -0.2) is 54.9 Å². The van der Waals surface area contributed by atoms with Crippen LogP contribution in [0.4, 0.5) is 0 Å². The molecule has 104 valence electrons. The maximum absolute atomic E-state index is 12.1. The van der Waals surface area contributed by atoms with Crippen LogP contribution in [0.15, 0.2) is 0 Å². The molecule has 2 unspecified atom stereocenters. The lowest BCUT2D eigenvalue weighted by atomic mass is 9.83. The maximum Gasteiger partial charge on any atom is 0.152 e. The Bertz CT molecular complexity index is 308. The minimum Gasteiger partial charge on any atom is -0.303 e. The van der Waals surface area contributed by atoms with Gasteiger partial charge in [-0.1, -0.05) is 20.8 Å². The molecule has 0 aliphatic carbocycles. The molecular weight excluding hydrogens is 224 g/mol. The number of nitrogens with zero attached hydrogens (tertiary/aromatic N) is 2. The van der Waals surface area contributed by atoms with Crippen LogP contribution >= 0.6 is 0 Å². The van der Waals surface area contributed by atoms with E-state index in [1.165, 1.54) is 25.8 Å². The van der Waals surface area contributed by atoms with E-state index in [-0.39, 0.29) is 5.41 Å². The number of hydrogen-bond acceptors (Lipinski definition) is 3.